The summed E-state index contributed by atoms with van der Waals surface area (Å²) in [4.78, 5) is 26.4. The molecule has 0 unspecified atom stereocenters. The third kappa shape index (κ3) is 2.56. The maximum atomic E-state index is 13.2. The van der Waals surface area contributed by atoms with Crippen LogP contribution in [0.5, 0.6) is 0 Å². The van der Waals surface area contributed by atoms with Crippen molar-refractivity contribution in [2.24, 2.45) is 0 Å². The molecule has 0 amide bonds. The fourth-order valence-electron chi connectivity index (χ4n) is 4.57. The normalized spacial score (nSPS) is 13.3. The minimum atomic E-state index is -0.00697. The van der Waals surface area contributed by atoms with E-state index < -0.39 is 0 Å². The number of hydrogen-bond acceptors (Lipinski definition) is 2. The Bertz CT molecular complexity index is 1460. The molecule has 0 saturated carbocycles. The van der Waals surface area contributed by atoms with Crippen molar-refractivity contribution in [3.8, 4) is 0 Å². The molecule has 30 heavy (non-hydrogen) atoms. The van der Waals surface area contributed by atoms with Crippen LogP contribution in [0.2, 0.25) is 0 Å². The Labute approximate surface area is 175 Å². The highest BCUT2D eigenvalue weighted by molar-refractivity contribution is 6.21. The van der Waals surface area contributed by atoms with Crippen LogP contribution in [0.25, 0.3) is 43.1 Å². The summed E-state index contributed by atoms with van der Waals surface area (Å²) in [5.74, 6) is 0. The maximum Gasteiger partial charge on any atom is 0.194 e. The van der Waals surface area contributed by atoms with Gasteiger partial charge in [0.05, 0.1) is 0 Å². The van der Waals surface area contributed by atoms with Crippen LogP contribution >= 0.6 is 0 Å². The molecule has 0 bridgehead atoms. The molecule has 0 aliphatic heterocycles. The second-order valence-electron chi connectivity index (χ2n) is 10.6. The van der Waals surface area contributed by atoms with E-state index >= 15 is 0 Å². The molecule has 2 heteroatoms. The van der Waals surface area contributed by atoms with Crippen molar-refractivity contribution >= 4 is 43.1 Å². The van der Waals surface area contributed by atoms with Gasteiger partial charge in [-0.25, -0.2) is 0 Å². The quantitative estimate of drug-likeness (QED) is 0.301. The number of rotatable bonds is 0. The van der Waals surface area contributed by atoms with Gasteiger partial charge in [-0.3, -0.25) is 9.59 Å². The third-order valence-corrected chi connectivity index (χ3v) is 6.49. The average molecular weight is 395 g/mol. The molecule has 0 fully saturated rings. The molecule has 2 nitrogen and oxygen atoms in total. The first-order valence-electron chi connectivity index (χ1n) is 10.5. The molecule has 5 aromatic rings. The van der Waals surface area contributed by atoms with Crippen LogP contribution in [0.1, 0.15) is 52.7 Å². The summed E-state index contributed by atoms with van der Waals surface area (Å²) in [7, 11) is 0. The molecule has 0 spiro atoms. The lowest BCUT2D eigenvalue weighted by molar-refractivity contribution is 0.591. The zero-order chi connectivity index (χ0) is 21.6. The standard InChI is InChI=1S/C28H26O2/c1-27(2,3)15-7-9-17-19(11-15)21-13-24-22(14-23(21)25(17)29)20-12-16(28(4,5)6)8-10-18(20)26(24)30/h7-14H,1-6H3. The molecule has 0 saturated heterocycles. The van der Waals surface area contributed by atoms with E-state index in [0.29, 0.717) is 10.8 Å². The van der Waals surface area contributed by atoms with E-state index in [1.807, 2.05) is 36.4 Å². The van der Waals surface area contributed by atoms with Crippen molar-refractivity contribution in [1.82, 2.24) is 0 Å². The molecule has 0 radical (unpaired) electrons. The van der Waals surface area contributed by atoms with Crippen LogP contribution in [-0.4, -0.2) is 0 Å². The van der Waals surface area contributed by atoms with Crippen LogP contribution in [-0.2, 0) is 10.8 Å². The number of fused-ring (bicyclic) bond motifs is 6. The van der Waals surface area contributed by atoms with E-state index in [1.165, 1.54) is 11.1 Å². The summed E-state index contributed by atoms with van der Waals surface area (Å²) in [5, 5.41) is 6.55. The third-order valence-electron chi connectivity index (χ3n) is 6.49. The van der Waals surface area contributed by atoms with E-state index in [4.69, 9.17) is 0 Å². The summed E-state index contributed by atoms with van der Waals surface area (Å²) >= 11 is 0. The zero-order valence-corrected chi connectivity index (χ0v) is 18.4. The van der Waals surface area contributed by atoms with Crippen molar-refractivity contribution < 1.29 is 0 Å². The van der Waals surface area contributed by atoms with Gasteiger partial charge in [0.1, 0.15) is 0 Å². The Balaban J connectivity index is 1.93. The lowest BCUT2D eigenvalue weighted by atomic mass is 9.86. The van der Waals surface area contributed by atoms with Crippen molar-refractivity contribution in [3.63, 3.8) is 0 Å². The first-order valence-corrected chi connectivity index (χ1v) is 10.5. The van der Waals surface area contributed by atoms with Crippen molar-refractivity contribution in [2.45, 2.75) is 52.4 Å². The highest BCUT2D eigenvalue weighted by Crippen LogP contribution is 2.35. The fraction of sp³-hybridized carbons (Fsp3) is 0.286. The number of benzene rings is 3. The first kappa shape index (κ1) is 19.0. The predicted octanol–water partition coefficient (Wildman–Crippen LogP) is 6.49. The summed E-state index contributed by atoms with van der Waals surface area (Å²) in [6, 6.07) is 16.1. The molecule has 0 aliphatic carbocycles. The van der Waals surface area contributed by atoms with Gasteiger partial charge in [0, 0.05) is 21.5 Å². The monoisotopic (exact) mass is 394 g/mol. The van der Waals surface area contributed by atoms with E-state index in [9.17, 15) is 9.59 Å². The molecule has 0 aliphatic rings. The lowest BCUT2D eigenvalue weighted by Crippen LogP contribution is -2.10. The molecule has 5 rings (SSSR count). The smallest absolute Gasteiger partial charge is 0.194 e. The van der Waals surface area contributed by atoms with E-state index in [0.717, 1.165) is 32.3 Å². The van der Waals surface area contributed by atoms with Gasteiger partial charge in [-0.1, -0.05) is 65.8 Å². The molecule has 0 atom stereocenters. The van der Waals surface area contributed by atoms with Crippen LogP contribution in [0.4, 0.5) is 0 Å². The second kappa shape index (κ2) is 5.78. The Morgan fingerprint density at radius 3 is 1.10 bits per heavy atom. The summed E-state index contributed by atoms with van der Waals surface area (Å²) in [5.41, 5.74) is 2.46. The van der Waals surface area contributed by atoms with Gasteiger partial charge >= 0.3 is 0 Å². The van der Waals surface area contributed by atoms with E-state index in [1.54, 1.807) is 0 Å². The zero-order valence-electron chi connectivity index (χ0n) is 18.4. The van der Waals surface area contributed by atoms with Gasteiger partial charge in [0.25, 0.3) is 0 Å². The van der Waals surface area contributed by atoms with Crippen molar-refractivity contribution in [1.29, 1.82) is 0 Å². The van der Waals surface area contributed by atoms with Crippen molar-refractivity contribution in [3.05, 3.63) is 80.1 Å². The molecule has 0 heterocycles. The summed E-state index contributed by atoms with van der Waals surface area (Å²) in [6.45, 7) is 13.0. The van der Waals surface area contributed by atoms with Gasteiger partial charge in [0.2, 0.25) is 0 Å². The van der Waals surface area contributed by atoms with Crippen LogP contribution in [0, 0.1) is 0 Å². The Morgan fingerprint density at radius 2 is 0.767 bits per heavy atom. The SMILES string of the molecule is CC(C)(C)c1ccc2c(=O)c3cc4c(cc3c2c1)c(=O)c1ccc(C(C)(C)C)cc14. The molecule has 5 aromatic carbocycles. The molecule has 150 valence electrons. The van der Waals surface area contributed by atoms with Gasteiger partial charge in [-0.15, -0.1) is 0 Å². The maximum absolute atomic E-state index is 13.2. The van der Waals surface area contributed by atoms with Crippen LogP contribution in [0.3, 0.4) is 0 Å². The van der Waals surface area contributed by atoms with Gasteiger partial charge in [0.15, 0.2) is 10.9 Å². The Morgan fingerprint density at radius 1 is 0.433 bits per heavy atom. The highest BCUT2D eigenvalue weighted by Gasteiger charge is 2.21. The molecular formula is C28H26O2. The topological polar surface area (TPSA) is 34.1 Å². The van der Waals surface area contributed by atoms with Crippen LogP contribution in [0.15, 0.2) is 58.1 Å². The highest BCUT2D eigenvalue weighted by atomic mass is 16.1. The van der Waals surface area contributed by atoms with E-state index in [-0.39, 0.29) is 21.7 Å². The summed E-state index contributed by atoms with van der Waals surface area (Å²) < 4.78 is 0. The first-order chi connectivity index (χ1) is 14.0. The fourth-order valence-corrected chi connectivity index (χ4v) is 4.57. The van der Waals surface area contributed by atoms with Crippen LogP contribution < -0.4 is 10.9 Å². The second-order valence-corrected chi connectivity index (χ2v) is 10.6. The van der Waals surface area contributed by atoms with Gasteiger partial charge in [-0.2, -0.15) is 0 Å². The molecule has 0 aromatic heterocycles. The van der Waals surface area contributed by atoms with Crippen molar-refractivity contribution in [2.75, 3.05) is 0 Å². The van der Waals surface area contributed by atoms with Gasteiger partial charge < -0.3 is 0 Å². The largest absolute Gasteiger partial charge is 0.289 e. The predicted molar refractivity (Wildman–Crippen MR) is 129 cm³/mol. The number of hydrogen-bond donors (Lipinski definition) is 0. The molecule has 0 N–H and O–H groups in total. The van der Waals surface area contributed by atoms with E-state index in [2.05, 4.69) is 53.7 Å². The lowest BCUT2D eigenvalue weighted by Gasteiger charge is -2.19. The molecular weight excluding hydrogens is 368 g/mol. The summed E-state index contributed by atoms with van der Waals surface area (Å²) in [6.07, 6.45) is 0. The minimum absolute atomic E-state index is 0.00697. The van der Waals surface area contributed by atoms with Gasteiger partial charge in [-0.05, 0) is 67.8 Å². The minimum Gasteiger partial charge on any atom is -0.289 e. The Hall–Kier alpha value is -3.00. The Kier molecular flexibility index (Phi) is 3.66. The average Bonchev–Trinajstić information content (AvgIpc) is 3.11.